The van der Waals surface area contributed by atoms with E-state index in [2.05, 4.69) is 31.1 Å². The van der Waals surface area contributed by atoms with Crippen LogP contribution in [0.3, 0.4) is 0 Å². The van der Waals surface area contributed by atoms with Gasteiger partial charge in [-0.3, -0.25) is 0 Å². The fourth-order valence-electron chi connectivity index (χ4n) is 1.43. The van der Waals surface area contributed by atoms with Crippen LogP contribution in [0.25, 0.3) is 11.3 Å². The van der Waals surface area contributed by atoms with E-state index in [0.717, 1.165) is 11.1 Å². The molecule has 5 nitrogen and oxygen atoms in total. The molecule has 0 radical (unpaired) electrons. The van der Waals surface area contributed by atoms with Gasteiger partial charge in [-0.15, -0.1) is 10.2 Å². The van der Waals surface area contributed by atoms with Crippen LogP contribution < -0.4 is 5.73 Å². The number of nitrogens with zero attached hydrogens (tertiary/aromatic N) is 3. The van der Waals surface area contributed by atoms with Gasteiger partial charge in [0, 0.05) is 12.7 Å². The van der Waals surface area contributed by atoms with Gasteiger partial charge < -0.3 is 10.5 Å². The van der Waals surface area contributed by atoms with Gasteiger partial charge in [0.25, 0.3) is 0 Å². The number of hydrogen-bond donors (Lipinski definition) is 1. The molecule has 0 saturated heterocycles. The summed E-state index contributed by atoms with van der Waals surface area (Å²) in [5, 5.41) is 7.53. The van der Waals surface area contributed by atoms with E-state index in [0.29, 0.717) is 16.9 Å². The zero-order valence-electron chi connectivity index (χ0n) is 9.22. The molecule has 0 bridgehead atoms. The Balaban J connectivity index is 2.36. The molecule has 2 N–H and O–H groups in total. The number of ether oxygens (including phenoxy) is 1. The number of nitrogens with two attached hydrogens (primary N) is 1. The maximum absolute atomic E-state index is 5.52. The number of benzene rings is 1. The van der Waals surface area contributed by atoms with Gasteiger partial charge in [0.2, 0.25) is 5.95 Å². The number of methoxy groups -OCH3 is 1. The summed E-state index contributed by atoms with van der Waals surface area (Å²) >= 11 is 3.30. The molecule has 88 valence electrons. The van der Waals surface area contributed by atoms with Gasteiger partial charge >= 0.3 is 0 Å². The Labute approximate surface area is 107 Å². The lowest BCUT2D eigenvalue weighted by molar-refractivity contribution is 0.185. The molecule has 6 heteroatoms. The van der Waals surface area contributed by atoms with Crippen molar-refractivity contribution in [1.82, 2.24) is 15.2 Å². The van der Waals surface area contributed by atoms with Crippen LogP contribution in [0.5, 0.6) is 0 Å². The predicted octanol–water partition coefficient (Wildman–Crippen LogP) is 2.03. The fourth-order valence-corrected chi connectivity index (χ4v) is 1.83. The lowest BCUT2D eigenvalue weighted by atomic mass is 10.1. The van der Waals surface area contributed by atoms with Gasteiger partial charge in [0.05, 0.1) is 6.61 Å². The van der Waals surface area contributed by atoms with E-state index in [1.54, 1.807) is 7.11 Å². The smallest absolute Gasteiger partial charge is 0.240 e. The molecule has 1 aromatic carbocycles. The number of nitrogen functional groups attached to an aromatic ring is 1. The Morgan fingerprint density at radius 1 is 1.24 bits per heavy atom. The molecule has 0 fully saturated rings. The number of aromatic nitrogens is 3. The van der Waals surface area contributed by atoms with Gasteiger partial charge in [-0.2, -0.15) is 0 Å². The molecule has 1 heterocycles. The van der Waals surface area contributed by atoms with Crippen molar-refractivity contribution in [1.29, 1.82) is 0 Å². The van der Waals surface area contributed by atoms with E-state index in [9.17, 15) is 0 Å². The van der Waals surface area contributed by atoms with Crippen molar-refractivity contribution in [3.63, 3.8) is 0 Å². The molecule has 0 amide bonds. The molecular weight excluding hydrogens is 284 g/mol. The van der Waals surface area contributed by atoms with Crippen molar-refractivity contribution < 1.29 is 4.74 Å². The number of rotatable bonds is 3. The van der Waals surface area contributed by atoms with E-state index in [1.165, 1.54) is 0 Å². The third-order valence-electron chi connectivity index (χ3n) is 2.20. The maximum atomic E-state index is 5.52. The van der Waals surface area contributed by atoms with Crippen molar-refractivity contribution in [3.05, 3.63) is 34.4 Å². The monoisotopic (exact) mass is 294 g/mol. The van der Waals surface area contributed by atoms with Crippen LogP contribution in [0.15, 0.2) is 28.9 Å². The Kier molecular flexibility index (Phi) is 3.65. The van der Waals surface area contributed by atoms with Crippen LogP contribution in [0.2, 0.25) is 0 Å². The Hall–Kier alpha value is -1.53. The number of hydrogen-bond acceptors (Lipinski definition) is 5. The summed E-state index contributed by atoms with van der Waals surface area (Å²) in [4.78, 5) is 4.14. The summed E-state index contributed by atoms with van der Waals surface area (Å²) in [5.74, 6) is 0.157. The summed E-state index contributed by atoms with van der Waals surface area (Å²) in [7, 11) is 1.67. The third-order valence-corrected chi connectivity index (χ3v) is 2.73. The van der Waals surface area contributed by atoms with Gasteiger partial charge in [-0.25, -0.2) is 4.98 Å². The first-order valence-electron chi connectivity index (χ1n) is 4.94. The SMILES string of the molecule is COCc1ccc(-c2nc(N)nnc2Br)cc1. The predicted molar refractivity (Wildman–Crippen MR) is 68.1 cm³/mol. The van der Waals surface area contributed by atoms with Gasteiger partial charge in [0.15, 0.2) is 4.60 Å². The summed E-state index contributed by atoms with van der Waals surface area (Å²) < 4.78 is 5.62. The molecule has 0 unspecified atom stereocenters. The molecular formula is C11H11BrN4O. The standard InChI is InChI=1S/C11H11BrN4O/c1-17-6-7-2-4-8(5-3-7)9-10(12)15-16-11(13)14-9/h2-5H,6H2,1H3,(H2,13,14,16). The number of halogens is 1. The van der Waals surface area contributed by atoms with Crippen LogP contribution in [-0.2, 0) is 11.3 Å². The van der Waals surface area contributed by atoms with Gasteiger partial charge in [-0.05, 0) is 21.5 Å². The van der Waals surface area contributed by atoms with E-state index >= 15 is 0 Å². The van der Waals surface area contributed by atoms with Gasteiger partial charge in [0.1, 0.15) is 5.69 Å². The van der Waals surface area contributed by atoms with Crippen molar-refractivity contribution in [3.8, 4) is 11.3 Å². The zero-order chi connectivity index (χ0) is 12.3. The molecule has 17 heavy (non-hydrogen) atoms. The zero-order valence-corrected chi connectivity index (χ0v) is 10.8. The minimum atomic E-state index is 0.157. The average molecular weight is 295 g/mol. The van der Waals surface area contributed by atoms with E-state index in [-0.39, 0.29) is 5.95 Å². The number of anilines is 1. The first-order chi connectivity index (χ1) is 8.20. The fraction of sp³-hybridized carbons (Fsp3) is 0.182. The van der Waals surface area contributed by atoms with Crippen molar-refractivity contribution in [2.45, 2.75) is 6.61 Å². The van der Waals surface area contributed by atoms with Crippen LogP contribution in [0.4, 0.5) is 5.95 Å². The lowest BCUT2D eigenvalue weighted by Gasteiger charge is -2.04. The third kappa shape index (κ3) is 2.78. The van der Waals surface area contributed by atoms with E-state index in [1.807, 2.05) is 24.3 Å². The molecule has 0 aliphatic carbocycles. The second-order valence-corrected chi connectivity index (χ2v) is 4.19. The normalized spacial score (nSPS) is 10.5. The quantitative estimate of drug-likeness (QED) is 0.937. The van der Waals surface area contributed by atoms with Crippen LogP contribution in [0, 0.1) is 0 Å². The summed E-state index contributed by atoms with van der Waals surface area (Å²) in [6, 6.07) is 7.85. The highest BCUT2D eigenvalue weighted by Crippen LogP contribution is 2.24. The molecule has 0 atom stereocenters. The van der Waals surface area contributed by atoms with Gasteiger partial charge in [-0.1, -0.05) is 24.3 Å². The summed E-state index contributed by atoms with van der Waals surface area (Å²) in [5.41, 5.74) is 8.23. The molecule has 0 aliphatic rings. The summed E-state index contributed by atoms with van der Waals surface area (Å²) in [6.07, 6.45) is 0. The molecule has 2 aromatic rings. The molecule has 2 rings (SSSR count). The van der Waals surface area contributed by atoms with Crippen LogP contribution >= 0.6 is 15.9 Å². The average Bonchev–Trinajstić information content (AvgIpc) is 2.34. The minimum Gasteiger partial charge on any atom is -0.380 e. The highest BCUT2D eigenvalue weighted by molar-refractivity contribution is 9.10. The summed E-state index contributed by atoms with van der Waals surface area (Å²) in [6.45, 7) is 0.589. The Morgan fingerprint density at radius 3 is 2.59 bits per heavy atom. The van der Waals surface area contributed by atoms with E-state index < -0.39 is 0 Å². The van der Waals surface area contributed by atoms with Crippen LogP contribution in [-0.4, -0.2) is 22.3 Å². The largest absolute Gasteiger partial charge is 0.380 e. The maximum Gasteiger partial charge on any atom is 0.240 e. The second-order valence-electron chi connectivity index (χ2n) is 3.44. The Bertz CT molecular complexity index is 515. The second kappa shape index (κ2) is 5.20. The molecule has 1 aromatic heterocycles. The van der Waals surface area contributed by atoms with Crippen molar-refractivity contribution in [2.75, 3.05) is 12.8 Å². The first-order valence-corrected chi connectivity index (χ1v) is 5.74. The van der Waals surface area contributed by atoms with Crippen molar-refractivity contribution in [2.24, 2.45) is 0 Å². The molecule has 0 saturated carbocycles. The van der Waals surface area contributed by atoms with E-state index in [4.69, 9.17) is 10.5 Å². The minimum absolute atomic E-state index is 0.157. The lowest BCUT2D eigenvalue weighted by Crippen LogP contribution is -2.00. The Morgan fingerprint density at radius 2 is 1.94 bits per heavy atom. The molecule has 0 spiro atoms. The molecule has 0 aliphatic heterocycles. The first kappa shape index (κ1) is 11.9. The van der Waals surface area contributed by atoms with Crippen LogP contribution in [0.1, 0.15) is 5.56 Å². The van der Waals surface area contributed by atoms with Crippen molar-refractivity contribution >= 4 is 21.9 Å². The topological polar surface area (TPSA) is 73.9 Å². The highest BCUT2D eigenvalue weighted by atomic mass is 79.9. The highest BCUT2D eigenvalue weighted by Gasteiger charge is 2.07.